The Morgan fingerprint density at radius 3 is 1.28 bits per heavy atom. The van der Waals surface area contributed by atoms with E-state index in [1.165, 1.54) is 0 Å². The average Bonchev–Trinajstić information content (AvgIpc) is 3.29. The molecular weight excluding hydrogens is 951 g/mol. The van der Waals surface area contributed by atoms with Crippen molar-refractivity contribution in [3.63, 3.8) is 0 Å². The fraction of sp³-hybridized carbons (Fsp3) is 0.756. The van der Waals surface area contributed by atoms with Crippen LogP contribution >= 0.6 is 12.6 Å². The number of hydrogen-bond donors (Lipinski definition) is 16. The number of carbonyl (C=O) groups is 7. The van der Waals surface area contributed by atoms with E-state index in [9.17, 15) is 33.6 Å². The summed E-state index contributed by atoms with van der Waals surface area (Å²) in [4.78, 5) is 105. The molecule has 0 saturated carbocycles. The first kappa shape index (κ1) is 65.7. The summed E-state index contributed by atoms with van der Waals surface area (Å²) >= 11 is 4.12. The van der Waals surface area contributed by atoms with Crippen LogP contribution in [0, 0.1) is 17.8 Å². The number of primary amides is 1. The van der Waals surface area contributed by atoms with E-state index in [1.807, 2.05) is 6.92 Å². The third-order valence-corrected chi connectivity index (χ3v) is 11.5. The van der Waals surface area contributed by atoms with Gasteiger partial charge in [0, 0.05) is 109 Å². The Hall–Kier alpha value is -6.28. The number of carbonyl (C=O) groups excluding carboxylic acids is 7. The molecule has 0 bridgehead atoms. The molecule has 0 saturated heterocycles. The summed E-state index contributed by atoms with van der Waals surface area (Å²) < 4.78 is 0. The maximum absolute atomic E-state index is 13.5. The number of hydrogen-bond acceptors (Lipinski definition) is 12. The summed E-state index contributed by atoms with van der Waals surface area (Å²) in [6.07, 6.45) is 7.07. The zero-order chi connectivity index (χ0) is 54.3. The fourth-order valence-electron chi connectivity index (χ4n) is 7.59. The first-order valence-electron chi connectivity index (χ1n) is 24.9. The van der Waals surface area contributed by atoms with Crippen molar-refractivity contribution in [3.8, 4) is 0 Å². The lowest BCUT2D eigenvalue weighted by molar-refractivity contribution is -0.123. The summed E-state index contributed by atoms with van der Waals surface area (Å²) in [5, 5.41) is 17.0. The normalized spacial score (nSPS) is 13.3. The average molecular weight is 1040 g/mol. The highest BCUT2D eigenvalue weighted by Gasteiger charge is 2.21. The monoisotopic (exact) mass is 1040 g/mol. The lowest BCUT2D eigenvalue weighted by atomic mass is 9.93. The van der Waals surface area contributed by atoms with Crippen LogP contribution in [0.3, 0.4) is 0 Å². The number of nitrogens with two attached hydrogens (primary N) is 9. The Morgan fingerprint density at radius 1 is 0.444 bits per heavy atom. The van der Waals surface area contributed by atoms with Gasteiger partial charge in [-0.15, -0.1) is 0 Å². The van der Waals surface area contributed by atoms with Gasteiger partial charge in [-0.25, -0.2) is 14.4 Å². The van der Waals surface area contributed by atoms with Gasteiger partial charge in [-0.3, -0.25) is 39.1 Å². The van der Waals surface area contributed by atoms with Crippen molar-refractivity contribution in [1.82, 2.24) is 31.9 Å². The Morgan fingerprint density at radius 2 is 0.833 bits per heavy atom. The van der Waals surface area contributed by atoms with Gasteiger partial charge in [-0.2, -0.15) is 12.6 Å². The topological polar surface area (TPSA) is 475 Å². The molecule has 24 N–H and O–H groups in total. The SMILES string of the molecule is C[C@@H](CNC(=O)N[C@@H](CCCN=C(N)N)CCC(=O)C[C@@H](CCCN=C(N)N)CNC(=O)N[C@@H](C)CCC(=O)C[C@@H](CCCN=C(N)N)CNC(N)=O)CC(=O)CC[C@H](CCCN=C(N)N)NC(=O)CCS. The second-order valence-corrected chi connectivity index (χ2v) is 18.7. The number of ketones is 3. The summed E-state index contributed by atoms with van der Waals surface area (Å²) in [5.74, 6) is -0.615. The van der Waals surface area contributed by atoms with E-state index >= 15 is 0 Å². The molecular formula is C45H89N19O7S. The zero-order valence-electron chi connectivity index (χ0n) is 42.6. The maximum atomic E-state index is 13.5. The van der Waals surface area contributed by atoms with Gasteiger partial charge in [-0.05, 0) is 101 Å². The van der Waals surface area contributed by atoms with Gasteiger partial charge >= 0.3 is 18.1 Å². The molecule has 0 aromatic heterocycles. The van der Waals surface area contributed by atoms with Gasteiger partial charge in [0.2, 0.25) is 5.91 Å². The molecule has 0 fully saturated rings. The quantitative estimate of drug-likeness (QED) is 0.0153. The Kier molecular flexibility index (Phi) is 36.8. The molecule has 27 heteroatoms. The van der Waals surface area contributed by atoms with Crippen LogP contribution in [0.25, 0.3) is 0 Å². The minimum Gasteiger partial charge on any atom is -0.370 e. The molecule has 0 spiro atoms. The predicted octanol–water partition coefficient (Wildman–Crippen LogP) is -0.884. The summed E-state index contributed by atoms with van der Waals surface area (Å²) in [7, 11) is 0. The second-order valence-electron chi connectivity index (χ2n) is 18.3. The smallest absolute Gasteiger partial charge is 0.315 e. The third kappa shape index (κ3) is 40.4. The van der Waals surface area contributed by atoms with E-state index in [1.54, 1.807) is 6.92 Å². The fourth-order valence-corrected chi connectivity index (χ4v) is 7.79. The first-order valence-corrected chi connectivity index (χ1v) is 25.5. The van der Waals surface area contributed by atoms with Crippen LogP contribution in [0.2, 0.25) is 0 Å². The molecule has 0 aromatic rings. The van der Waals surface area contributed by atoms with Crippen molar-refractivity contribution in [2.75, 3.05) is 51.6 Å². The van der Waals surface area contributed by atoms with E-state index in [-0.39, 0.29) is 142 Å². The van der Waals surface area contributed by atoms with Gasteiger partial charge in [0.1, 0.15) is 17.3 Å². The number of Topliss-reactive ketones (excluding diaryl/α,β-unsaturated/α-hetero) is 3. The lowest BCUT2D eigenvalue weighted by Gasteiger charge is -2.21. The van der Waals surface area contributed by atoms with E-state index in [0.29, 0.717) is 103 Å². The van der Waals surface area contributed by atoms with Gasteiger partial charge in [0.05, 0.1) is 0 Å². The number of amides is 7. The van der Waals surface area contributed by atoms with E-state index < -0.39 is 24.1 Å². The van der Waals surface area contributed by atoms with Crippen molar-refractivity contribution in [3.05, 3.63) is 0 Å². The molecule has 412 valence electrons. The zero-order valence-corrected chi connectivity index (χ0v) is 43.5. The molecule has 0 radical (unpaired) electrons. The molecule has 0 heterocycles. The van der Waals surface area contributed by atoms with Crippen LogP contribution in [0.5, 0.6) is 0 Å². The number of thiol groups is 1. The maximum Gasteiger partial charge on any atom is 0.315 e. The number of urea groups is 3. The van der Waals surface area contributed by atoms with Gasteiger partial charge in [-0.1, -0.05) is 6.92 Å². The Bertz CT molecular complexity index is 1750. The van der Waals surface area contributed by atoms with Crippen molar-refractivity contribution >= 4 is 77.8 Å². The third-order valence-electron chi connectivity index (χ3n) is 11.3. The molecule has 7 amide bonds. The number of aliphatic imine (C=N–C) groups is 4. The van der Waals surface area contributed by atoms with E-state index in [0.717, 1.165) is 0 Å². The Balaban J connectivity index is 5.38. The second kappa shape index (κ2) is 40.3. The van der Waals surface area contributed by atoms with Crippen LogP contribution in [-0.2, 0) is 19.2 Å². The standard InChI is InChI=1S/C45H89N19O7S/c1-29(23-35(65)15-12-33(63-38(68)17-22-72)9-5-20-57-41(50)51)26-60-45(71)64-34(10-6-21-58-42(52)53)13-16-37(67)25-32(8-4-19-56-40(48)49)28-61-44(70)62-30(2)11-14-36(66)24-31(27-59-43(54)69)7-3-18-55-39(46)47/h29-34,72H,3-28H2,1-2H3,(H,63,68)(H4,46,47,55)(H4,48,49,56)(H4,50,51,57)(H4,52,53,58)(H3,54,59,69)(H2,60,64,71)(H2,61,62,70)/t29-,30+,31-,32-,33+,34+/m1/s1. The highest BCUT2D eigenvalue weighted by molar-refractivity contribution is 7.80. The molecule has 0 aliphatic heterocycles. The van der Waals surface area contributed by atoms with Crippen LogP contribution in [0.15, 0.2) is 20.0 Å². The molecule has 6 atom stereocenters. The molecule has 0 unspecified atom stereocenters. The number of nitrogens with zero attached hydrogens (tertiary/aromatic N) is 4. The summed E-state index contributed by atoms with van der Waals surface area (Å²) in [5.41, 5.74) is 48.8. The molecule has 0 rings (SSSR count). The number of guanidine groups is 4. The minimum atomic E-state index is -0.686. The first-order chi connectivity index (χ1) is 34.1. The van der Waals surface area contributed by atoms with Crippen LogP contribution in [-0.4, -0.2) is 135 Å². The van der Waals surface area contributed by atoms with Crippen LogP contribution in [0.1, 0.15) is 129 Å². The largest absolute Gasteiger partial charge is 0.370 e. The van der Waals surface area contributed by atoms with Crippen molar-refractivity contribution < 1.29 is 33.6 Å². The highest BCUT2D eigenvalue weighted by atomic mass is 32.1. The van der Waals surface area contributed by atoms with Crippen LogP contribution < -0.4 is 83.5 Å². The lowest BCUT2D eigenvalue weighted by Crippen LogP contribution is -2.44. The Labute approximate surface area is 430 Å². The number of rotatable bonds is 42. The molecule has 0 aliphatic carbocycles. The molecule has 26 nitrogen and oxygen atoms in total. The molecule has 0 aliphatic rings. The molecule has 72 heavy (non-hydrogen) atoms. The summed E-state index contributed by atoms with van der Waals surface area (Å²) in [6.45, 7) is 5.72. The van der Waals surface area contributed by atoms with Crippen molar-refractivity contribution in [2.45, 2.75) is 148 Å². The van der Waals surface area contributed by atoms with E-state index in [2.05, 4.69) is 64.5 Å². The van der Waals surface area contributed by atoms with E-state index in [4.69, 9.17) is 51.6 Å². The van der Waals surface area contributed by atoms with Crippen molar-refractivity contribution in [2.24, 2.45) is 89.3 Å². The van der Waals surface area contributed by atoms with Gasteiger partial charge in [0.15, 0.2) is 23.8 Å². The minimum absolute atomic E-state index is 0.00435. The highest BCUT2D eigenvalue weighted by Crippen LogP contribution is 2.17. The predicted molar refractivity (Wildman–Crippen MR) is 287 cm³/mol. The van der Waals surface area contributed by atoms with Gasteiger partial charge in [0.25, 0.3) is 0 Å². The number of nitrogens with one attached hydrogen (secondary N) is 6. The van der Waals surface area contributed by atoms with Gasteiger partial charge < -0.3 is 83.5 Å². The van der Waals surface area contributed by atoms with Crippen LogP contribution in [0.4, 0.5) is 14.4 Å². The summed E-state index contributed by atoms with van der Waals surface area (Å²) in [6, 6.07) is -2.59. The molecule has 0 aromatic carbocycles. The van der Waals surface area contributed by atoms with Crippen molar-refractivity contribution in [1.29, 1.82) is 0 Å².